The summed E-state index contributed by atoms with van der Waals surface area (Å²) >= 11 is 0. The highest BCUT2D eigenvalue weighted by Gasteiger charge is 2.22. The molecule has 0 aromatic heterocycles. The van der Waals surface area contributed by atoms with Crippen LogP contribution in [0, 0.1) is 11.6 Å². The fraction of sp³-hybridized carbons (Fsp3) is 0.538. The Hall–Kier alpha value is -1.00. The minimum Gasteiger partial charge on any atom is -0.391 e. The molecule has 0 aliphatic heterocycles. The topological polar surface area (TPSA) is 40.5 Å². The first-order chi connectivity index (χ1) is 7.97. The van der Waals surface area contributed by atoms with Gasteiger partial charge in [-0.2, -0.15) is 0 Å². The SMILES string of the molecule is CCC(CC(O)C(C)O)c1cccc(F)c1F. The maximum Gasteiger partial charge on any atom is 0.162 e. The van der Waals surface area contributed by atoms with Gasteiger partial charge in [0.1, 0.15) is 0 Å². The Morgan fingerprint density at radius 2 is 1.88 bits per heavy atom. The fourth-order valence-electron chi connectivity index (χ4n) is 1.84. The van der Waals surface area contributed by atoms with E-state index in [1.54, 1.807) is 0 Å². The number of aliphatic hydroxyl groups excluding tert-OH is 2. The van der Waals surface area contributed by atoms with Gasteiger partial charge >= 0.3 is 0 Å². The summed E-state index contributed by atoms with van der Waals surface area (Å²) in [6, 6.07) is 4.03. The molecular weight excluding hydrogens is 226 g/mol. The molecule has 0 aliphatic rings. The standard InChI is InChI=1S/C13H18F2O2/c1-3-9(7-12(17)8(2)16)10-5-4-6-11(14)13(10)15/h4-6,8-9,12,16-17H,3,7H2,1-2H3. The Morgan fingerprint density at radius 3 is 2.41 bits per heavy atom. The molecule has 96 valence electrons. The van der Waals surface area contributed by atoms with Crippen molar-refractivity contribution in [3.63, 3.8) is 0 Å². The quantitative estimate of drug-likeness (QED) is 0.835. The van der Waals surface area contributed by atoms with Gasteiger partial charge in [-0.25, -0.2) is 8.78 Å². The second kappa shape index (κ2) is 6.07. The maximum atomic E-state index is 13.6. The van der Waals surface area contributed by atoms with Gasteiger partial charge in [0.05, 0.1) is 12.2 Å². The Balaban J connectivity index is 2.90. The molecule has 0 saturated heterocycles. The largest absolute Gasteiger partial charge is 0.391 e. The molecule has 1 aromatic carbocycles. The smallest absolute Gasteiger partial charge is 0.162 e. The molecule has 0 saturated carbocycles. The van der Waals surface area contributed by atoms with E-state index in [-0.39, 0.29) is 17.9 Å². The Kier molecular flexibility index (Phi) is 5.02. The summed E-state index contributed by atoms with van der Waals surface area (Å²) < 4.78 is 26.7. The second-order valence-electron chi connectivity index (χ2n) is 4.29. The molecule has 0 aliphatic carbocycles. The van der Waals surface area contributed by atoms with Crippen molar-refractivity contribution in [2.45, 2.75) is 44.8 Å². The Morgan fingerprint density at radius 1 is 1.24 bits per heavy atom. The summed E-state index contributed by atoms with van der Waals surface area (Å²) in [6.45, 7) is 3.31. The van der Waals surface area contributed by atoms with E-state index in [0.717, 1.165) is 6.07 Å². The highest BCUT2D eigenvalue weighted by atomic mass is 19.2. The van der Waals surface area contributed by atoms with E-state index >= 15 is 0 Å². The van der Waals surface area contributed by atoms with Gasteiger partial charge in [0, 0.05) is 0 Å². The van der Waals surface area contributed by atoms with Crippen molar-refractivity contribution in [2.75, 3.05) is 0 Å². The van der Waals surface area contributed by atoms with Crippen LogP contribution in [0.1, 0.15) is 38.2 Å². The molecule has 0 fully saturated rings. The first-order valence-electron chi connectivity index (χ1n) is 5.77. The van der Waals surface area contributed by atoms with E-state index in [4.69, 9.17) is 0 Å². The second-order valence-corrected chi connectivity index (χ2v) is 4.29. The van der Waals surface area contributed by atoms with Crippen molar-refractivity contribution in [3.8, 4) is 0 Å². The summed E-state index contributed by atoms with van der Waals surface area (Å²) in [5, 5.41) is 18.8. The molecule has 1 aromatic rings. The van der Waals surface area contributed by atoms with Crippen LogP contribution < -0.4 is 0 Å². The first-order valence-corrected chi connectivity index (χ1v) is 5.77. The third-order valence-electron chi connectivity index (χ3n) is 3.00. The van der Waals surface area contributed by atoms with E-state index in [0.29, 0.717) is 6.42 Å². The van der Waals surface area contributed by atoms with Crippen LogP contribution in [-0.4, -0.2) is 22.4 Å². The van der Waals surface area contributed by atoms with Gasteiger partial charge in [-0.05, 0) is 37.3 Å². The first kappa shape index (κ1) is 14.1. The van der Waals surface area contributed by atoms with Gasteiger partial charge in [0.15, 0.2) is 11.6 Å². The minimum absolute atomic E-state index is 0.217. The third kappa shape index (κ3) is 3.48. The highest BCUT2D eigenvalue weighted by Crippen LogP contribution is 2.28. The molecule has 0 spiro atoms. The molecule has 1 rings (SSSR count). The lowest BCUT2D eigenvalue weighted by molar-refractivity contribution is 0.0213. The average Bonchev–Trinajstić information content (AvgIpc) is 2.29. The maximum absolute atomic E-state index is 13.6. The molecule has 0 heterocycles. The van der Waals surface area contributed by atoms with Crippen molar-refractivity contribution in [1.29, 1.82) is 0 Å². The van der Waals surface area contributed by atoms with E-state index in [2.05, 4.69) is 0 Å². The molecule has 4 heteroatoms. The van der Waals surface area contributed by atoms with E-state index in [1.165, 1.54) is 19.1 Å². The molecule has 17 heavy (non-hydrogen) atoms. The molecule has 3 atom stereocenters. The van der Waals surface area contributed by atoms with Crippen molar-refractivity contribution < 1.29 is 19.0 Å². The lowest BCUT2D eigenvalue weighted by Crippen LogP contribution is -2.25. The highest BCUT2D eigenvalue weighted by molar-refractivity contribution is 5.23. The van der Waals surface area contributed by atoms with Crippen LogP contribution >= 0.6 is 0 Å². The van der Waals surface area contributed by atoms with Crippen LogP contribution in [0.2, 0.25) is 0 Å². The molecule has 0 bridgehead atoms. The predicted octanol–water partition coefficient (Wildman–Crippen LogP) is 2.59. The molecular formula is C13H18F2O2. The lowest BCUT2D eigenvalue weighted by atomic mass is 9.89. The van der Waals surface area contributed by atoms with Gasteiger partial charge < -0.3 is 10.2 Å². The Labute approximate surface area is 99.9 Å². The zero-order valence-electron chi connectivity index (χ0n) is 10.0. The van der Waals surface area contributed by atoms with Crippen molar-refractivity contribution in [1.82, 2.24) is 0 Å². The predicted molar refractivity (Wildman–Crippen MR) is 61.7 cm³/mol. The van der Waals surface area contributed by atoms with Crippen LogP contribution in [0.3, 0.4) is 0 Å². The minimum atomic E-state index is -0.928. The summed E-state index contributed by atoms with van der Waals surface area (Å²) in [4.78, 5) is 0. The summed E-state index contributed by atoms with van der Waals surface area (Å²) in [6.07, 6.45) is -1.01. The fourth-order valence-corrected chi connectivity index (χ4v) is 1.84. The molecule has 2 nitrogen and oxygen atoms in total. The summed E-state index contributed by atoms with van der Waals surface area (Å²) in [7, 11) is 0. The van der Waals surface area contributed by atoms with Crippen molar-refractivity contribution in [3.05, 3.63) is 35.4 Å². The summed E-state index contributed by atoms with van der Waals surface area (Å²) in [5.74, 6) is -2.04. The van der Waals surface area contributed by atoms with E-state index in [1.807, 2.05) is 6.92 Å². The van der Waals surface area contributed by atoms with Gasteiger partial charge in [0.2, 0.25) is 0 Å². The normalized spacial score (nSPS) is 16.6. The zero-order chi connectivity index (χ0) is 13.0. The molecule has 2 N–H and O–H groups in total. The number of aliphatic hydroxyl groups is 2. The average molecular weight is 244 g/mol. The number of hydrogen-bond donors (Lipinski definition) is 2. The van der Waals surface area contributed by atoms with Gasteiger partial charge in [-0.1, -0.05) is 19.1 Å². The number of benzene rings is 1. The van der Waals surface area contributed by atoms with Gasteiger partial charge in [0.25, 0.3) is 0 Å². The number of hydrogen-bond acceptors (Lipinski definition) is 2. The van der Waals surface area contributed by atoms with E-state index < -0.39 is 23.8 Å². The summed E-state index contributed by atoms with van der Waals surface area (Å²) in [5.41, 5.74) is 0.257. The van der Waals surface area contributed by atoms with Gasteiger partial charge in [-0.15, -0.1) is 0 Å². The monoisotopic (exact) mass is 244 g/mol. The van der Waals surface area contributed by atoms with Gasteiger partial charge in [-0.3, -0.25) is 0 Å². The van der Waals surface area contributed by atoms with Crippen LogP contribution in [0.25, 0.3) is 0 Å². The lowest BCUT2D eigenvalue weighted by Gasteiger charge is -2.21. The van der Waals surface area contributed by atoms with Crippen molar-refractivity contribution in [2.24, 2.45) is 0 Å². The molecule has 0 amide bonds. The van der Waals surface area contributed by atoms with E-state index in [9.17, 15) is 19.0 Å². The molecule has 3 unspecified atom stereocenters. The number of halogens is 2. The van der Waals surface area contributed by atoms with Crippen LogP contribution in [0.4, 0.5) is 8.78 Å². The third-order valence-corrected chi connectivity index (χ3v) is 3.00. The van der Waals surface area contributed by atoms with Crippen molar-refractivity contribution >= 4 is 0 Å². The Bertz CT molecular complexity index is 366. The number of rotatable bonds is 5. The van der Waals surface area contributed by atoms with Crippen LogP contribution in [-0.2, 0) is 0 Å². The van der Waals surface area contributed by atoms with Crippen LogP contribution in [0.15, 0.2) is 18.2 Å². The zero-order valence-corrected chi connectivity index (χ0v) is 10.0. The molecule has 0 radical (unpaired) electrons. The van der Waals surface area contributed by atoms with Crippen LogP contribution in [0.5, 0.6) is 0 Å².